The Labute approximate surface area is 274 Å². The van der Waals surface area contributed by atoms with Crippen LogP contribution in [-0.4, -0.2) is 38.2 Å². The lowest BCUT2D eigenvalue weighted by molar-refractivity contribution is -0.187. The van der Waals surface area contributed by atoms with Crippen LogP contribution in [0.1, 0.15) is 161 Å². The molecule has 0 spiro atoms. The molecule has 0 radical (unpaired) electrons. The van der Waals surface area contributed by atoms with Gasteiger partial charge in [0.05, 0.1) is 25.0 Å². The molecule has 5 aliphatic rings. The largest absolute Gasteiger partial charge is 0.438 e. The summed E-state index contributed by atoms with van der Waals surface area (Å²) in [5.74, 6) is 3.18. The van der Waals surface area contributed by atoms with Crippen LogP contribution in [0.3, 0.4) is 0 Å². The van der Waals surface area contributed by atoms with Gasteiger partial charge in [-0.05, 0) is 119 Å². The van der Waals surface area contributed by atoms with E-state index in [1.165, 1.54) is 128 Å². The van der Waals surface area contributed by atoms with Crippen LogP contribution >= 0.6 is 0 Å². The predicted octanol–water partition coefficient (Wildman–Crippen LogP) is 9.77. The number of hydrogen-bond donors (Lipinski definition) is 0. The zero-order valence-corrected chi connectivity index (χ0v) is 28.7. The van der Waals surface area contributed by atoms with Crippen LogP contribution in [0.4, 0.5) is 0 Å². The summed E-state index contributed by atoms with van der Waals surface area (Å²) in [4.78, 5) is 26.7. The standard InChI is InChI=1S/C39H66O6/c1-29(45-39(41)37(34-18-10-4-11-19-34)35-20-12-5-13-21-35)43-27-31-24-22-30(23-25-31)26-42-28-44-38(40)36(32-14-6-2-7-15-32)33-16-8-3-9-17-33/h29-37H,2-28H2,1H3. The van der Waals surface area contributed by atoms with Crippen LogP contribution in [0.2, 0.25) is 0 Å². The lowest BCUT2D eigenvalue weighted by atomic mass is 9.69. The van der Waals surface area contributed by atoms with Crippen LogP contribution in [0.25, 0.3) is 0 Å². The van der Waals surface area contributed by atoms with Crippen molar-refractivity contribution in [1.29, 1.82) is 0 Å². The Morgan fingerprint density at radius 3 is 1.31 bits per heavy atom. The molecule has 258 valence electrons. The fraction of sp³-hybridized carbons (Fsp3) is 0.949. The third kappa shape index (κ3) is 10.9. The van der Waals surface area contributed by atoms with E-state index in [9.17, 15) is 9.59 Å². The van der Waals surface area contributed by atoms with Gasteiger partial charge in [-0.15, -0.1) is 0 Å². The second-order valence-corrected chi connectivity index (χ2v) is 15.8. The first-order valence-electron chi connectivity index (χ1n) is 19.6. The molecule has 5 rings (SSSR count). The Bertz CT molecular complexity index is 808. The average molecular weight is 631 g/mol. The highest BCUT2D eigenvalue weighted by Crippen LogP contribution is 2.42. The first-order chi connectivity index (χ1) is 22.1. The van der Waals surface area contributed by atoms with E-state index in [1.807, 2.05) is 6.92 Å². The summed E-state index contributed by atoms with van der Waals surface area (Å²) >= 11 is 0. The zero-order chi connectivity index (χ0) is 31.3. The van der Waals surface area contributed by atoms with Gasteiger partial charge in [-0.2, -0.15) is 0 Å². The van der Waals surface area contributed by atoms with E-state index in [0.29, 0.717) is 48.7 Å². The molecule has 0 bridgehead atoms. The van der Waals surface area contributed by atoms with Gasteiger partial charge in [-0.3, -0.25) is 9.59 Å². The molecule has 5 fully saturated rings. The van der Waals surface area contributed by atoms with Gasteiger partial charge in [-0.25, -0.2) is 0 Å². The molecule has 1 unspecified atom stereocenters. The molecule has 0 saturated heterocycles. The van der Waals surface area contributed by atoms with Gasteiger partial charge in [0, 0.05) is 0 Å². The Balaban J connectivity index is 0.969. The number of carbonyl (C=O) groups excluding carboxylic acids is 2. The molecular weight excluding hydrogens is 564 g/mol. The van der Waals surface area contributed by atoms with Crippen molar-refractivity contribution in [2.45, 2.75) is 167 Å². The van der Waals surface area contributed by atoms with Crippen molar-refractivity contribution >= 4 is 11.9 Å². The summed E-state index contributed by atoms with van der Waals surface area (Å²) in [6, 6.07) is 0. The van der Waals surface area contributed by atoms with Gasteiger partial charge in [0.2, 0.25) is 0 Å². The van der Waals surface area contributed by atoms with Gasteiger partial charge in [0.15, 0.2) is 13.1 Å². The van der Waals surface area contributed by atoms with Crippen molar-refractivity contribution in [2.75, 3.05) is 20.0 Å². The third-order valence-corrected chi connectivity index (χ3v) is 12.6. The Morgan fingerprint density at radius 1 is 0.511 bits per heavy atom. The lowest BCUT2D eigenvalue weighted by Crippen LogP contribution is -2.37. The summed E-state index contributed by atoms with van der Waals surface area (Å²) in [5.41, 5.74) is 0. The summed E-state index contributed by atoms with van der Waals surface area (Å²) in [6.07, 6.45) is 28.7. The van der Waals surface area contributed by atoms with Crippen molar-refractivity contribution in [1.82, 2.24) is 0 Å². The van der Waals surface area contributed by atoms with Gasteiger partial charge in [0.25, 0.3) is 0 Å². The van der Waals surface area contributed by atoms with Gasteiger partial charge >= 0.3 is 11.9 Å². The number of ether oxygens (including phenoxy) is 4. The van der Waals surface area contributed by atoms with Gasteiger partial charge in [0.1, 0.15) is 0 Å². The molecule has 45 heavy (non-hydrogen) atoms. The van der Waals surface area contributed by atoms with E-state index < -0.39 is 6.29 Å². The molecule has 0 N–H and O–H groups in total. The van der Waals surface area contributed by atoms with E-state index in [2.05, 4.69) is 0 Å². The monoisotopic (exact) mass is 630 g/mol. The van der Waals surface area contributed by atoms with E-state index >= 15 is 0 Å². The predicted molar refractivity (Wildman–Crippen MR) is 177 cm³/mol. The SMILES string of the molecule is CC(OCC1CCC(COCOC(=O)C(C2CCCCC2)C2CCCCC2)CC1)OC(=O)C(C1CCCCC1)C1CCCCC1. The van der Waals surface area contributed by atoms with Crippen molar-refractivity contribution in [2.24, 2.45) is 47.3 Å². The quantitative estimate of drug-likeness (QED) is 0.108. The fourth-order valence-corrected chi connectivity index (χ4v) is 10.0. The average Bonchev–Trinajstić information content (AvgIpc) is 3.08. The topological polar surface area (TPSA) is 71.1 Å². The molecule has 0 aromatic rings. The minimum atomic E-state index is -0.478. The van der Waals surface area contributed by atoms with Crippen molar-refractivity contribution in [3.8, 4) is 0 Å². The van der Waals surface area contributed by atoms with Crippen molar-refractivity contribution < 1.29 is 28.5 Å². The van der Waals surface area contributed by atoms with E-state index in [0.717, 1.165) is 25.7 Å². The summed E-state index contributed by atoms with van der Waals surface area (Å²) in [5, 5.41) is 0. The first-order valence-corrected chi connectivity index (χ1v) is 19.6. The molecule has 0 aliphatic heterocycles. The van der Waals surface area contributed by atoms with E-state index in [4.69, 9.17) is 18.9 Å². The highest BCUT2D eigenvalue weighted by atomic mass is 16.7. The molecule has 0 amide bonds. The van der Waals surface area contributed by atoms with Crippen LogP contribution in [0, 0.1) is 47.3 Å². The van der Waals surface area contributed by atoms with E-state index in [1.54, 1.807) is 0 Å². The highest BCUT2D eigenvalue weighted by Gasteiger charge is 2.39. The number of rotatable bonds is 14. The second kappa shape index (κ2) is 19.0. The van der Waals surface area contributed by atoms with Crippen molar-refractivity contribution in [3.05, 3.63) is 0 Å². The fourth-order valence-electron chi connectivity index (χ4n) is 10.0. The minimum absolute atomic E-state index is 0.00617. The van der Waals surface area contributed by atoms with Gasteiger partial charge in [-0.1, -0.05) is 77.0 Å². The molecule has 6 nitrogen and oxygen atoms in total. The number of carbonyl (C=O) groups is 2. The van der Waals surface area contributed by atoms with Crippen LogP contribution in [0.15, 0.2) is 0 Å². The van der Waals surface area contributed by atoms with E-state index in [-0.39, 0.29) is 30.6 Å². The molecular formula is C39H66O6. The molecule has 5 saturated carbocycles. The molecule has 0 aromatic carbocycles. The Hall–Kier alpha value is -1.14. The first kappa shape index (κ1) is 35.2. The number of esters is 2. The smallest absolute Gasteiger partial charge is 0.311 e. The lowest BCUT2D eigenvalue weighted by Gasteiger charge is -2.36. The summed E-state index contributed by atoms with van der Waals surface area (Å²) in [6.45, 7) is 3.32. The third-order valence-electron chi connectivity index (χ3n) is 12.6. The van der Waals surface area contributed by atoms with Crippen LogP contribution < -0.4 is 0 Å². The summed E-state index contributed by atoms with van der Waals surface area (Å²) < 4.78 is 23.8. The minimum Gasteiger partial charge on any atom is -0.438 e. The molecule has 0 heterocycles. The van der Waals surface area contributed by atoms with Gasteiger partial charge < -0.3 is 18.9 Å². The Kier molecular flexibility index (Phi) is 14.9. The zero-order valence-electron chi connectivity index (χ0n) is 28.7. The highest BCUT2D eigenvalue weighted by molar-refractivity contribution is 5.73. The summed E-state index contributed by atoms with van der Waals surface area (Å²) in [7, 11) is 0. The second-order valence-electron chi connectivity index (χ2n) is 15.8. The molecule has 0 aromatic heterocycles. The van der Waals surface area contributed by atoms with Crippen LogP contribution in [-0.2, 0) is 28.5 Å². The molecule has 6 heteroatoms. The normalized spacial score (nSPS) is 27.4. The maximum Gasteiger partial charge on any atom is 0.311 e. The molecule has 5 aliphatic carbocycles. The Morgan fingerprint density at radius 2 is 0.889 bits per heavy atom. The maximum absolute atomic E-state index is 13.5. The maximum atomic E-state index is 13.5. The number of hydrogen-bond acceptors (Lipinski definition) is 6. The molecule has 1 atom stereocenters. The van der Waals surface area contributed by atoms with Crippen LogP contribution in [0.5, 0.6) is 0 Å². The van der Waals surface area contributed by atoms with Crippen molar-refractivity contribution in [3.63, 3.8) is 0 Å².